The van der Waals surface area contributed by atoms with Gasteiger partial charge in [-0.25, -0.2) is 0 Å². The molecule has 0 aromatic carbocycles. The lowest BCUT2D eigenvalue weighted by molar-refractivity contribution is -0.168. The summed E-state index contributed by atoms with van der Waals surface area (Å²) < 4.78 is 0. The highest BCUT2D eigenvalue weighted by Gasteiger charge is 2.60. The van der Waals surface area contributed by atoms with Gasteiger partial charge < -0.3 is 10.2 Å². The number of likely N-dealkylation sites (tertiary alicyclic amines) is 3. The predicted octanol–water partition coefficient (Wildman–Crippen LogP) is 12.5. The van der Waals surface area contributed by atoms with Crippen LogP contribution in [0, 0.1) is 75.4 Å². The first-order valence-corrected chi connectivity index (χ1v) is 28.9. The predicted molar refractivity (Wildman–Crippen MR) is 259 cm³/mol. The van der Waals surface area contributed by atoms with E-state index in [4.69, 9.17) is 0 Å². The average Bonchev–Trinajstić information content (AvgIpc) is 3.29. The smallest absolute Gasteiger partial charge is 0.0544 e. The van der Waals surface area contributed by atoms with Crippen LogP contribution in [-0.4, -0.2) is 92.5 Å². The zero-order chi connectivity index (χ0) is 43.6. The molecule has 5 nitrogen and oxygen atoms in total. The zero-order valence-electron chi connectivity index (χ0n) is 42.1. The largest absolute Gasteiger partial charge is 0.393 e. The number of aliphatic hydroxyl groups excluding tert-OH is 2. The fourth-order valence-electron chi connectivity index (χ4n) is 21.4. The first-order valence-electron chi connectivity index (χ1n) is 28.9. The number of hydrogen-bond donors (Lipinski definition) is 2. The van der Waals surface area contributed by atoms with Gasteiger partial charge in [-0.15, -0.1) is 0 Å². The Morgan fingerprint density at radius 2 is 0.635 bits per heavy atom. The highest BCUT2D eigenvalue weighted by molar-refractivity contribution is 5.12. The number of aliphatic hydroxyl groups is 2. The molecule has 3 aliphatic heterocycles. The number of nitrogens with zero attached hydrogens (tertiary/aromatic N) is 3. The van der Waals surface area contributed by atoms with E-state index in [2.05, 4.69) is 63.3 Å². The van der Waals surface area contributed by atoms with Crippen molar-refractivity contribution in [3.63, 3.8) is 0 Å². The maximum atomic E-state index is 10.9. The topological polar surface area (TPSA) is 50.2 Å². The molecule has 11 aliphatic rings. The standard InChI is InChI=1S/C58H99N3O2/c1-56(2)44-12-8-10-14-52(44)60(53-15-11-9-13-45(53)56)40-22-16-36(17-23-40)38-20-28-50-46(32-38)57(3,4)47-33-39(21-29-51(47)59(50)7)37-18-24-41(25-19-37)61-54-30-26-42(62)34-48(54)58(5,6)49-35-43(63)27-31-55(49)61/h36-55,62-63H,8-35H2,1-7H3. The van der Waals surface area contributed by atoms with Gasteiger partial charge in [0.25, 0.3) is 0 Å². The molecule has 0 radical (unpaired) electrons. The van der Waals surface area contributed by atoms with Gasteiger partial charge in [-0.1, -0.05) is 67.2 Å². The van der Waals surface area contributed by atoms with Crippen molar-refractivity contribution in [3.05, 3.63) is 0 Å². The third kappa shape index (κ3) is 7.67. The van der Waals surface area contributed by atoms with Crippen LogP contribution in [0.5, 0.6) is 0 Å². The molecule has 8 saturated carbocycles. The van der Waals surface area contributed by atoms with Crippen LogP contribution < -0.4 is 0 Å². The molecule has 8 aliphatic carbocycles. The summed E-state index contributed by atoms with van der Waals surface area (Å²) in [4.78, 5) is 9.40. The minimum atomic E-state index is -0.132. The van der Waals surface area contributed by atoms with Crippen molar-refractivity contribution in [2.75, 3.05) is 7.05 Å². The summed E-state index contributed by atoms with van der Waals surface area (Å²) in [5, 5.41) is 21.8. The summed E-state index contributed by atoms with van der Waals surface area (Å²) in [7, 11) is 2.59. The van der Waals surface area contributed by atoms with Gasteiger partial charge in [0.2, 0.25) is 0 Å². The van der Waals surface area contributed by atoms with Gasteiger partial charge in [-0.3, -0.25) is 14.7 Å². The minimum absolute atomic E-state index is 0.132. The molecule has 16 atom stereocenters. The van der Waals surface area contributed by atoms with Crippen LogP contribution in [0.2, 0.25) is 0 Å². The maximum absolute atomic E-state index is 10.9. The van der Waals surface area contributed by atoms with Crippen molar-refractivity contribution < 1.29 is 10.2 Å². The molecule has 63 heavy (non-hydrogen) atoms. The molecule has 0 spiro atoms. The molecule has 5 heteroatoms. The molecule has 3 heterocycles. The third-order valence-corrected chi connectivity index (χ3v) is 24.7. The lowest BCUT2D eigenvalue weighted by atomic mass is 9.50. The Labute approximate surface area is 387 Å². The van der Waals surface area contributed by atoms with Gasteiger partial charge in [0.1, 0.15) is 0 Å². The minimum Gasteiger partial charge on any atom is -0.393 e. The second-order valence-corrected chi connectivity index (χ2v) is 27.9. The van der Waals surface area contributed by atoms with E-state index in [1.165, 1.54) is 154 Å². The van der Waals surface area contributed by atoms with Crippen molar-refractivity contribution >= 4 is 0 Å². The average molecular weight is 870 g/mol. The van der Waals surface area contributed by atoms with Crippen LogP contribution in [0.4, 0.5) is 0 Å². The second-order valence-electron chi connectivity index (χ2n) is 27.9. The van der Waals surface area contributed by atoms with Crippen molar-refractivity contribution in [1.82, 2.24) is 14.7 Å². The van der Waals surface area contributed by atoms with Crippen molar-refractivity contribution in [3.8, 4) is 0 Å². The van der Waals surface area contributed by atoms with E-state index in [0.717, 1.165) is 103 Å². The molecule has 358 valence electrons. The van der Waals surface area contributed by atoms with E-state index in [0.29, 0.717) is 40.8 Å². The first-order chi connectivity index (χ1) is 30.2. The summed E-state index contributed by atoms with van der Waals surface area (Å²) in [5.74, 6) is 8.53. The van der Waals surface area contributed by atoms with Gasteiger partial charge in [0.05, 0.1) is 12.2 Å². The molecule has 0 aromatic rings. The molecule has 11 fully saturated rings. The van der Waals surface area contributed by atoms with Gasteiger partial charge >= 0.3 is 0 Å². The highest BCUT2D eigenvalue weighted by Crippen LogP contribution is 2.62. The fraction of sp³-hybridized carbons (Fsp3) is 1.00. The Balaban J connectivity index is 0.730. The van der Waals surface area contributed by atoms with E-state index in [1.54, 1.807) is 0 Å². The normalized spacial score (nSPS) is 52.5. The van der Waals surface area contributed by atoms with E-state index in [9.17, 15) is 10.2 Å². The summed E-state index contributed by atoms with van der Waals surface area (Å²) >= 11 is 0. The van der Waals surface area contributed by atoms with E-state index in [-0.39, 0.29) is 17.6 Å². The molecule has 0 amide bonds. The lowest BCUT2D eigenvalue weighted by Gasteiger charge is -2.65. The fourth-order valence-corrected chi connectivity index (χ4v) is 21.4. The Kier molecular flexibility index (Phi) is 12.5. The maximum Gasteiger partial charge on any atom is 0.0544 e. The van der Waals surface area contributed by atoms with Crippen LogP contribution in [0.3, 0.4) is 0 Å². The van der Waals surface area contributed by atoms with Crippen LogP contribution >= 0.6 is 0 Å². The Morgan fingerprint density at radius 1 is 0.317 bits per heavy atom. The first kappa shape index (κ1) is 45.3. The van der Waals surface area contributed by atoms with Crippen molar-refractivity contribution in [2.24, 2.45) is 75.4 Å². The lowest BCUT2D eigenvalue weighted by Crippen LogP contribution is -2.68. The van der Waals surface area contributed by atoms with Crippen LogP contribution in [0.25, 0.3) is 0 Å². The number of rotatable bonds is 4. The van der Waals surface area contributed by atoms with Crippen molar-refractivity contribution in [2.45, 2.75) is 282 Å². The molecule has 0 aromatic heterocycles. The van der Waals surface area contributed by atoms with Crippen LogP contribution in [-0.2, 0) is 0 Å². The van der Waals surface area contributed by atoms with Gasteiger partial charge in [0, 0.05) is 48.3 Å². The van der Waals surface area contributed by atoms with Gasteiger partial charge in [-0.05, 0) is 237 Å². The molecule has 0 bridgehead atoms. The summed E-state index contributed by atoms with van der Waals surface area (Å²) in [6.45, 7) is 16.0. The van der Waals surface area contributed by atoms with Gasteiger partial charge in [-0.2, -0.15) is 0 Å². The van der Waals surface area contributed by atoms with Crippen molar-refractivity contribution in [1.29, 1.82) is 0 Å². The SMILES string of the molecule is CN1C2CCC(C3CCC(N4C5CCCCC5C(C)(C)C5CCCCC54)CC3)CC2C(C)(C)C2CC(C3CCC(N4C5CCC(O)CC5C(C)(C)C5CC(O)CCC54)CC3)CCC21. The Bertz CT molecular complexity index is 1520. The molecule has 3 saturated heterocycles. The quantitative estimate of drug-likeness (QED) is 0.295. The number of piperidine rings is 3. The third-order valence-electron chi connectivity index (χ3n) is 24.7. The number of fused-ring (bicyclic) bond motifs is 6. The van der Waals surface area contributed by atoms with E-state index >= 15 is 0 Å². The molecule has 16 unspecified atom stereocenters. The summed E-state index contributed by atoms with van der Waals surface area (Å²) in [6.07, 6.45) is 38.6. The number of hydrogen-bond acceptors (Lipinski definition) is 5. The van der Waals surface area contributed by atoms with Crippen LogP contribution in [0.1, 0.15) is 221 Å². The molecular formula is C58H99N3O2. The Morgan fingerprint density at radius 3 is 1.05 bits per heavy atom. The second kappa shape index (κ2) is 17.3. The Hall–Kier alpha value is -0.200. The van der Waals surface area contributed by atoms with Gasteiger partial charge in [0.15, 0.2) is 0 Å². The van der Waals surface area contributed by atoms with E-state index < -0.39 is 0 Å². The monoisotopic (exact) mass is 870 g/mol. The summed E-state index contributed by atoms with van der Waals surface area (Å²) in [6, 6.07) is 6.24. The van der Waals surface area contributed by atoms with E-state index in [1.807, 2.05) is 0 Å². The molecular weight excluding hydrogens is 771 g/mol. The highest BCUT2D eigenvalue weighted by atomic mass is 16.3. The summed E-state index contributed by atoms with van der Waals surface area (Å²) in [5.41, 5.74) is 1.19. The zero-order valence-corrected chi connectivity index (χ0v) is 42.1. The van der Waals surface area contributed by atoms with Crippen LogP contribution in [0.15, 0.2) is 0 Å². The molecule has 2 N–H and O–H groups in total. The molecule has 11 rings (SSSR count).